The van der Waals surface area contributed by atoms with E-state index < -0.39 is 11.4 Å². The van der Waals surface area contributed by atoms with Crippen LogP contribution in [0.5, 0.6) is 0 Å². The minimum Gasteiger partial charge on any atom is -0.481 e. The summed E-state index contributed by atoms with van der Waals surface area (Å²) in [5.74, 6) is -1.07. The van der Waals surface area contributed by atoms with Crippen molar-refractivity contribution in [1.29, 1.82) is 0 Å². The molecular weight excluding hydrogens is 244 g/mol. The Balaban J connectivity index is 1.72. The van der Waals surface area contributed by atoms with Gasteiger partial charge in [0.2, 0.25) is 5.91 Å². The third-order valence-electron chi connectivity index (χ3n) is 4.14. The number of nitrogens with zero attached hydrogens (tertiary/aromatic N) is 1. The van der Waals surface area contributed by atoms with Crippen LogP contribution in [0.25, 0.3) is 0 Å². The number of rotatable bonds is 5. The number of hydrogen-bond donors (Lipinski definition) is 2. The van der Waals surface area contributed by atoms with Crippen molar-refractivity contribution in [3.63, 3.8) is 0 Å². The van der Waals surface area contributed by atoms with Crippen LogP contribution in [0.1, 0.15) is 46.0 Å². The van der Waals surface area contributed by atoms with Crippen molar-refractivity contribution in [2.24, 2.45) is 5.41 Å². The molecule has 0 aromatic rings. The maximum atomic E-state index is 11.9. The largest absolute Gasteiger partial charge is 0.481 e. The highest BCUT2D eigenvalue weighted by atomic mass is 16.4. The van der Waals surface area contributed by atoms with Crippen LogP contribution in [-0.4, -0.2) is 47.1 Å². The average Bonchev–Trinajstić information content (AvgIpc) is 3.12. The molecule has 5 heteroatoms. The summed E-state index contributed by atoms with van der Waals surface area (Å²) in [5, 5.41) is 12.0. The van der Waals surface area contributed by atoms with E-state index in [1.165, 1.54) is 12.8 Å². The highest BCUT2D eigenvalue weighted by Crippen LogP contribution is 2.29. The van der Waals surface area contributed by atoms with Crippen molar-refractivity contribution in [2.75, 3.05) is 13.1 Å². The second kappa shape index (κ2) is 5.49. The topological polar surface area (TPSA) is 69.6 Å². The van der Waals surface area contributed by atoms with E-state index in [-0.39, 0.29) is 18.4 Å². The molecule has 108 valence electrons. The zero-order valence-electron chi connectivity index (χ0n) is 11.8. The number of hydrogen-bond acceptors (Lipinski definition) is 3. The van der Waals surface area contributed by atoms with Gasteiger partial charge < -0.3 is 15.3 Å². The van der Waals surface area contributed by atoms with Gasteiger partial charge in [0.25, 0.3) is 0 Å². The standard InChI is InChI=1S/C14H24N2O3/c1-14(2,13(18)19)9-12(17)15-10-5-7-16(8-6-10)11-3-4-11/h10-11H,3-9H2,1-2H3,(H,15,17)(H,18,19). The van der Waals surface area contributed by atoms with Crippen LogP contribution < -0.4 is 5.32 Å². The second-order valence-corrected chi connectivity index (χ2v) is 6.47. The molecule has 5 nitrogen and oxygen atoms in total. The van der Waals surface area contributed by atoms with E-state index in [0.717, 1.165) is 32.0 Å². The Morgan fingerprint density at radius 2 is 1.79 bits per heavy atom. The monoisotopic (exact) mass is 268 g/mol. The Morgan fingerprint density at radius 1 is 1.21 bits per heavy atom. The lowest BCUT2D eigenvalue weighted by Crippen LogP contribution is -2.46. The minimum atomic E-state index is -0.987. The minimum absolute atomic E-state index is 0.0468. The number of aliphatic carboxylic acids is 1. The number of carboxylic acid groups (broad SMARTS) is 1. The van der Waals surface area contributed by atoms with Gasteiger partial charge in [0.15, 0.2) is 0 Å². The molecule has 1 saturated heterocycles. The first kappa shape index (κ1) is 14.3. The van der Waals surface area contributed by atoms with Crippen molar-refractivity contribution >= 4 is 11.9 Å². The molecule has 1 heterocycles. The first-order valence-corrected chi connectivity index (χ1v) is 7.15. The molecule has 0 atom stereocenters. The predicted octanol–water partition coefficient (Wildman–Crippen LogP) is 1.23. The number of nitrogens with one attached hydrogen (secondary N) is 1. The Bertz CT molecular complexity index is 356. The summed E-state index contributed by atoms with van der Waals surface area (Å²) in [6.45, 7) is 5.28. The van der Waals surface area contributed by atoms with E-state index in [0.29, 0.717) is 0 Å². The zero-order chi connectivity index (χ0) is 14.0. The van der Waals surface area contributed by atoms with Gasteiger partial charge >= 0.3 is 5.97 Å². The molecule has 19 heavy (non-hydrogen) atoms. The third kappa shape index (κ3) is 3.93. The fraction of sp³-hybridized carbons (Fsp3) is 0.857. The number of amides is 1. The molecule has 1 aliphatic heterocycles. The van der Waals surface area contributed by atoms with E-state index in [4.69, 9.17) is 5.11 Å². The van der Waals surface area contributed by atoms with E-state index >= 15 is 0 Å². The summed E-state index contributed by atoms with van der Waals surface area (Å²) in [5.41, 5.74) is -0.987. The Hall–Kier alpha value is -1.10. The first-order chi connectivity index (χ1) is 8.88. The van der Waals surface area contributed by atoms with E-state index in [1.807, 2.05) is 0 Å². The molecule has 2 N–H and O–H groups in total. The molecule has 2 rings (SSSR count). The second-order valence-electron chi connectivity index (χ2n) is 6.47. The van der Waals surface area contributed by atoms with Gasteiger partial charge in [-0.1, -0.05) is 0 Å². The van der Waals surface area contributed by atoms with Crippen LogP contribution in [0.4, 0.5) is 0 Å². The molecule has 2 aliphatic rings. The highest BCUT2D eigenvalue weighted by molar-refractivity contribution is 5.84. The lowest BCUT2D eigenvalue weighted by molar-refractivity contribution is -0.149. The van der Waals surface area contributed by atoms with Crippen molar-refractivity contribution < 1.29 is 14.7 Å². The molecule has 0 spiro atoms. The van der Waals surface area contributed by atoms with Gasteiger partial charge in [-0.3, -0.25) is 9.59 Å². The SMILES string of the molecule is CC(C)(CC(=O)NC1CCN(C2CC2)CC1)C(=O)O. The first-order valence-electron chi connectivity index (χ1n) is 7.15. The summed E-state index contributed by atoms with van der Waals surface area (Å²) in [7, 11) is 0. The molecule has 0 radical (unpaired) electrons. The molecule has 1 aliphatic carbocycles. The quantitative estimate of drug-likeness (QED) is 0.787. The molecule has 1 amide bonds. The summed E-state index contributed by atoms with van der Waals surface area (Å²) >= 11 is 0. The molecule has 0 aromatic heterocycles. The molecule has 0 bridgehead atoms. The third-order valence-corrected chi connectivity index (χ3v) is 4.14. The Kier molecular flexibility index (Phi) is 4.13. The normalized spacial score (nSPS) is 22.2. The molecule has 0 unspecified atom stereocenters. The Labute approximate surface area is 114 Å². The van der Waals surface area contributed by atoms with E-state index in [2.05, 4.69) is 10.2 Å². The van der Waals surface area contributed by atoms with Gasteiger partial charge in [-0.15, -0.1) is 0 Å². The van der Waals surface area contributed by atoms with Crippen LogP contribution in [0.2, 0.25) is 0 Å². The molecule has 0 aromatic carbocycles. The lowest BCUT2D eigenvalue weighted by atomic mass is 9.89. The number of carbonyl (C=O) groups excluding carboxylic acids is 1. The van der Waals surface area contributed by atoms with Crippen LogP contribution >= 0.6 is 0 Å². The predicted molar refractivity (Wildman–Crippen MR) is 71.8 cm³/mol. The van der Waals surface area contributed by atoms with Gasteiger partial charge in [-0.05, 0) is 39.5 Å². The van der Waals surface area contributed by atoms with Crippen molar-refractivity contribution in [3.8, 4) is 0 Å². The summed E-state index contributed by atoms with van der Waals surface area (Å²) in [6.07, 6.45) is 4.66. The number of piperidine rings is 1. The van der Waals surface area contributed by atoms with Crippen LogP contribution in [0.15, 0.2) is 0 Å². The number of likely N-dealkylation sites (tertiary alicyclic amines) is 1. The lowest BCUT2D eigenvalue weighted by Gasteiger charge is -2.32. The number of carboxylic acids is 1. The summed E-state index contributed by atoms with van der Waals surface area (Å²) in [6, 6.07) is 1.01. The maximum absolute atomic E-state index is 11.9. The molecule has 2 fully saturated rings. The smallest absolute Gasteiger partial charge is 0.309 e. The molecular formula is C14H24N2O3. The fourth-order valence-corrected chi connectivity index (χ4v) is 2.60. The Morgan fingerprint density at radius 3 is 2.26 bits per heavy atom. The van der Waals surface area contributed by atoms with Gasteiger partial charge in [-0.25, -0.2) is 0 Å². The summed E-state index contributed by atoms with van der Waals surface area (Å²) in [4.78, 5) is 25.4. The van der Waals surface area contributed by atoms with Gasteiger partial charge in [0.1, 0.15) is 0 Å². The van der Waals surface area contributed by atoms with E-state index in [9.17, 15) is 9.59 Å². The average molecular weight is 268 g/mol. The van der Waals surface area contributed by atoms with Crippen molar-refractivity contribution in [1.82, 2.24) is 10.2 Å². The van der Waals surface area contributed by atoms with Crippen LogP contribution in [0.3, 0.4) is 0 Å². The molecule has 1 saturated carbocycles. The fourth-order valence-electron chi connectivity index (χ4n) is 2.60. The van der Waals surface area contributed by atoms with Crippen LogP contribution in [0, 0.1) is 5.41 Å². The highest BCUT2D eigenvalue weighted by Gasteiger charge is 2.34. The van der Waals surface area contributed by atoms with Crippen molar-refractivity contribution in [2.45, 2.75) is 58.0 Å². The summed E-state index contributed by atoms with van der Waals surface area (Å²) < 4.78 is 0. The van der Waals surface area contributed by atoms with Crippen molar-refractivity contribution in [3.05, 3.63) is 0 Å². The zero-order valence-corrected chi connectivity index (χ0v) is 11.8. The number of carbonyl (C=O) groups is 2. The maximum Gasteiger partial charge on any atom is 0.309 e. The van der Waals surface area contributed by atoms with Crippen LogP contribution in [-0.2, 0) is 9.59 Å². The van der Waals surface area contributed by atoms with Gasteiger partial charge in [0, 0.05) is 31.6 Å². The van der Waals surface area contributed by atoms with Gasteiger partial charge in [0.05, 0.1) is 5.41 Å². The van der Waals surface area contributed by atoms with E-state index in [1.54, 1.807) is 13.8 Å². The van der Waals surface area contributed by atoms with Gasteiger partial charge in [-0.2, -0.15) is 0 Å².